The number of hydrogen-bond donors (Lipinski definition) is 3. The summed E-state index contributed by atoms with van der Waals surface area (Å²) in [5.41, 5.74) is -1.92. The molecule has 0 radical (unpaired) electrons. The van der Waals surface area contributed by atoms with E-state index in [0.717, 1.165) is 23.9 Å². The van der Waals surface area contributed by atoms with Crippen LogP contribution in [0.25, 0.3) is 0 Å². The van der Waals surface area contributed by atoms with Crippen molar-refractivity contribution >= 4 is 46.6 Å². The van der Waals surface area contributed by atoms with E-state index < -0.39 is 35.3 Å². The van der Waals surface area contributed by atoms with Gasteiger partial charge in [-0.05, 0) is 48.4 Å². The van der Waals surface area contributed by atoms with Crippen LogP contribution in [0.5, 0.6) is 0 Å². The third kappa shape index (κ3) is 4.42. The van der Waals surface area contributed by atoms with E-state index in [2.05, 4.69) is 10.5 Å². The van der Waals surface area contributed by atoms with Gasteiger partial charge in [0, 0.05) is 33.3 Å². The number of carbonyl (C=O) groups excluding carboxylic acids is 1. The minimum Gasteiger partial charge on any atom is -0.374 e. The van der Waals surface area contributed by atoms with E-state index in [4.69, 9.17) is 28.0 Å². The average molecular weight is 521 g/mol. The van der Waals surface area contributed by atoms with Gasteiger partial charge in [-0.2, -0.15) is 13.2 Å². The largest absolute Gasteiger partial charge is 0.435 e. The highest BCUT2D eigenvalue weighted by molar-refractivity contribution is 8.01. The van der Waals surface area contributed by atoms with E-state index in [1.165, 1.54) is 24.3 Å². The minimum atomic E-state index is -4.82. The SMILES string of the molecule is Cc1cc(C2=NOC(c3cc(Cl)cc(Cl)c3)(C(F)(F)F)C2)ccc1C(=O)NC1CSC1(O)O. The van der Waals surface area contributed by atoms with Gasteiger partial charge < -0.3 is 20.4 Å². The van der Waals surface area contributed by atoms with Crippen LogP contribution in [0.1, 0.15) is 33.5 Å². The Bertz CT molecular complexity index is 1140. The number of oxime groups is 1. The Balaban J connectivity index is 1.59. The lowest BCUT2D eigenvalue weighted by atomic mass is 9.86. The second-order valence-corrected chi connectivity index (χ2v) is 9.91. The molecule has 3 N–H and O–H groups in total. The van der Waals surface area contributed by atoms with Gasteiger partial charge in [0.15, 0.2) is 0 Å². The Hall–Kier alpha value is -1.98. The number of nitrogens with one attached hydrogen (secondary N) is 1. The highest BCUT2D eigenvalue weighted by Crippen LogP contribution is 2.49. The predicted molar refractivity (Wildman–Crippen MR) is 118 cm³/mol. The topological polar surface area (TPSA) is 91.2 Å². The lowest BCUT2D eigenvalue weighted by Crippen LogP contribution is -2.59. The fourth-order valence-electron chi connectivity index (χ4n) is 3.63. The van der Waals surface area contributed by atoms with E-state index in [-0.39, 0.29) is 26.9 Å². The van der Waals surface area contributed by atoms with Crippen LogP contribution in [0.3, 0.4) is 0 Å². The van der Waals surface area contributed by atoms with Gasteiger partial charge in [0.1, 0.15) is 6.04 Å². The molecule has 1 saturated heterocycles. The van der Waals surface area contributed by atoms with Crippen molar-refractivity contribution in [2.45, 2.75) is 36.3 Å². The van der Waals surface area contributed by atoms with E-state index in [1.54, 1.807) is 6.92 Å². The molecule has 1 fully saturated rings. The zero-order valence-corrected chi connectivity index (χ0v) is 19.2. The van der Waals surface area contributed by atoms with Crippen LogP contribution in [0.15, 0.2) is 41.6 Å². The van der Waals surface area contributed by atoms with E-state index in [1.807, 2.05) is 0 Å². The van der Waals surface area contributed by atoms with Crippen LogP contribution >= 0.6 is 35.0 Å². The molecule has 0 bridgehead atoms. The van der Waals surface area contributed by atoms with Crippen LogP contribution in [-0.2, 0) is 10.4 Å². The lowest BCUT2D eigenvalue weighted by molar-refractivity contribution is -0.275. The molecule has 4 rings (SSSR count). The van der Waals surface area contributed by atoms with E-state index in [9.17, 15) is 28.2 Å². The fraction of sp³-hybridized carbons (Fsp3) is 0.333. The molecule has 2 heterocycles. The van der Waals surface area contributed by atoms with Crippen LogP contribution in [0, 0.1) is 6.92 Å². The molecule has 0 spiro atoms. The number of hydrogen-bond acceptors (Lipinski definition) is 6. The molecule has 2 aromatic carbocycles. The maximum atomic E-state index is 14.1. The molecule has 0 aliphatic carbocycles. The quantitative estimate of drug-likeness (QED) is 0.520. The van der Waals surface area contributed by atoms with Crippen LogP contribution in [-0.4, -0.2) is 44.9 Å². The highest BCUT2D eigenvalue weighted by atomic mass is 35.5. The molecule has 12 heteroatoms. The number of thioether (sulfide) groups is 1. The van der Waals surface area contributed by atoms with Crippen molar-refractivity contribution in [1.82, 2.24) is 5.32 Å². The Morgan fingerprint density at radius 2 is 1.88 bits per heavy atom. The number of aryl methyl sites for hydroxylation is 1. The fourth-order valence-corrected chi connectivity index (χ4v) is 4.93. The number of carbonyl (C=O) groups is 1. The normalized spacial score (nSPS) is 24.0. The van der Waals surface area contributed by atoms with E-state index in [0.29, 0.717) is 16.9 Å². The van der Waals surface area contributed by atoms with Crippen molar-refractivity contribution in [3.8, 4) is 0 Å². The van der Waals surface area contributed by atoms with Crippen molar-refractivity contribution < 1.29 is 33.0 Å². The van der Waals surface area contributed by atoms with Crippen molar-refractivity contribution in [3.63, 3.8) is 0 Å². The summed E-state index contributed by atoms with van der Waals surface area (Å²) in [5, 5.41) is 23.5. The second kappa shape index (κ2) is 8.35. The first-order valence-electron chi connectivity index (χ1n) is 9.61. The summed E-state index contributed by atoms with van der Waals surface area (Å²) in [6.07, 6.45) is -5.43. The zero-order valence-electron chi connectivity index (χ0n) is 16.9. The van der Waals surface area contributed by atoms with Crippen molar-refractivity contribution in [1.29, 1.82) is 0 Å². The Kier molecular flexibility index (Phi) is 6.11. The third-order valence-corrected chi connectivity index (χ3v) is 7.19. The number of aliphatic hydroxyl groups is 2. The third-order valence-electron chi connectivity index (χ3n) is 5.54. The molecule has 0 aromatic heterocycles. The Morgan fingerprint density at radius 3 is 2.39 bits per heavy atom. The second-order valence-electron chi connectivity index (χ2n) is 7.81. The molecule has 2 aromatic rings. The molecule has 2 atom stereocenters. The molecule has 2 aliphatic rings. The van der Waals surface area contributed by atoms with Gasteiger partial charge in [-0.15, -0.1) is 0 Å². The number of amides is 1. The van der Waals surface area contributed by atoms with Gasteiger partial charge in [0.2, 0.25) is 5.12 Å². The Morgan fingerprint density at radius 1 is 1.21 bits per heavy atom. The Labute approximate surface area is 200 Å². The summed E-state index contributed by atoms with van der Waals surface area (Å²) in [4.78, 5) is 17.5. The first kappa shape index (κ1) is 24.2. The molecule has 176 valence electrons. The molecule has 2 unspecified atom stereocenters. The summed E-state index contributed by atoms with van der Waals surface area (Å²) in [5.74, 6) is -0.184. The molecule has 0 saturated carbocycles. The summed E-state index contributed by atoms with van der Waals surface area (Å²) in [6, 6.07) is 7.20. The average Bonchev–Trinajstić information content (AvgIpc) is 3.17. The first-order chi connectivity index (χ1) is 15.3. The van der Waals surface area contributed by atoms with Gasteiger partial charge >= 0.3 is 6.18 Å². The maximum absolute atomic E-state index is 14.1. The molecule has 1 amide bonds. The van der Waals surface area contributed by atoms with Gasteiger partial charge in [-0.1, -0.05) is 46.2 Å². The van der Waals surface area contributed by atoms with Crippen LogP contribution in [0.4, 0.5) is 13.2 Å². The first-order valence-corrected chi connectivity index (χ1v) is 11.4. The smallest absolute Gasteiger partial charge is 0.374 e. The molecule has 2 aliphatic heterocycles. The number of rotatable bonds is 4. The zero-order chi connectivity index (χ0) is 24.2. The number of benzene rings is 2. The predicted octanol–water partition coefficient (Wildman–Crippen LogP) is 4.37. The standard InChI is InChI=1S/C21H17Cl2F3N2O4S/c1-10-4-11(2-3-15(10)18(29)27-17-9-33-20(17,30)31)16-8-19(32-28-16,21(24,25)26)12-5-13(22)7-14(23)6-12/h2-7,17,30-31H,8-9H2,1H3,(H,27,29). The summed E-state index contributed by atoms with van der Waals surface area (Å²) < 4.78 is 42.4. The number of alkyl halides is 3. The van der Waals surface area contributed by atoms with Crippen molar-refractivity contribution in [3.05, 3.63) is 68.7 Å². The molecule has 33 heavy (non-hydrogen) atoms. The van der Waals surface area contributed by atoms with Gasteiger partial charge in [0.25, 0.3) is 11.5 Å². The summed E-state index contributed by atoms with van der Waals surface area (Å²) >= 11 is 12.7. The lowest BCUT2D eigenvalue weighted by Gasteiger charge is -2.39. The number of nitrogens with zero attached hydrogens (tertiary/aromatic N) is 1. The highest BCUT2D eigenvalue weighted by Gasteiger charge is 2.62. The maximum Gasteiger partial charge on any atom is 0.435 e. The van der Waals surface area contributed by atoms with Crippen LogP contribution in [0.2, 0.25) is 10.0 Å². The van der Waals surface area contributed by atoms with Gasteiger partial charge in [0.05, 0.1) is 5.71 Å². The molecular weight excluding hydrogens is 504 g/mol. The molecular formula is C21H17Cl2F3N2O4S. The van der Waals surface area contributed by atoms with Crippen LogP contribution < -0.4 is 5.32 Å². The van der Waals surface area contributed by atoms with Crippen molar-refractivity contribution in [2.75, 3.05) is 5.75 Å². The van der Waals surface area contributed by atoms with Gasteiger partial charge in [-0.25, -0.2) is 0 Å². The van der Waals surface area contributed by atoms with Crippen molar-refractivity contribution in [2.24, 2.45) is 5.16 Å². The van der Waals surface area contributed by atoms with E-state index >= 15 is 0 Å². The molecule has 6 nitrogen and oxygen atoms in total. The minimum absolute atomic E-state index is 0.0315. The summed E-state index contributed by atoms with van der Waals surface area (Å²) in [6.45, 7) is 1.61. The summed E-state index contributed by atoms with van der Waals surface area (Å²) in [7, 11) is 0. The number of halogens is 5. The monoisotopic (exact) mass is 520 g/mol. The van der Waals surface area contributed by atoms with Gasteiger partial charge in [-0.3, -0.25) is 4.79 Å².